The average molecular weight is 297 g/mol. The topological polar surface area (TPSA) is 22.1 Å². The summed E-state index contributed by atoms with van der Waals surface area (Å²) < 4.78 is 19.2. The van der Waals surface area contributed by atoms with E-state index in [0.29, 0.717) is 6.61 Å². The van der Waals surface area contributed by atoms with Crippen LogP contribution in [0.1, 0.15) is 38.4 Å². The molecule has 0 bridgehead atoms. The van der Waals surface area contributed by atoms with Gasteiger partial charge in [0, 0.05) is 16.5 Å². The van der Waals surface area contributed by atoms with Gasteiger partial charge in [-0.2, -0.15) is 0 Å². The minimum atomic E-state index is -0.254. The number of rotatable bonds is 3. The first-order valence-electron chi connectivity index (χ1n) is 7.55. The summed E-state index contributed by atoms with van der Waals surface area (Å²) in [6.45, 7) is 11.0. The Bertz CT molecular complexity index is 736. The molecule has 2 aromatic rings. The third-order valence-electron chi connectivity index (χ3n) is 4.49. The fourth-order valence-corrected chi connectivity index (χ4v) is 2.75. The molecule has 22 heavy (non-hydrogen) atoms. The van der Waals surface area contributed by atoms with Crippen LogP contribution < -0.4 is 4.74 Å². The van der Waals surface area contributed by atoms with Gasteiger partial charge in [0.2, 0.25) is 0 Å². The van der Waals surface area contributed by atoms with E-state index in [1.54, 1.807) is 12.1 Å². The zero-order chi connectivity index (χ0) is 15.9. The van der Waals surface area contributed by atoms with Crippen LogP contribution in [0.4, 0.5) is 4.39 Å². The molecule has 0 saturated carbocycles. The largest absolute Gasteiger partial charge is 0.490 e. The van der Waals surface area contributed by atoms with Crippen molar-refractivity contribution < 1.29 is 9.13 Å². The van der Waals surface area contributed by atoms with Crippen molar-refractivity contribution >= 4 is 5.57 Å². The maximum atomic E-state index is 13.2. The van der Waals surface area contributed by atoms with Crippen molar-refractivity contribution in [2.45, 2.75) is 32.6 Å². The SMILES string of the molecule is C=C(C)c1cc2c(c(-c3ccc(F)cc3)n1)OC[C@]2(C)CC. The predicted molar refractivity (Wildman–Crippen MR) is 87.5 cm³/mol. The molecule has 3 rings (SSSR count). The van der Waals surface area contributed by atoms with Gasteiger partial charge in [0.05, 0.1) is 12.3 Å². The third-order valence-corrected chi connectivity index (χ3v) is 4.49. The molecule has 1 aromatic carbocycles. The molecule has 1 aliphatic rings. The molecule has 0 unspecified atom stereocenters. The van der Waals surface area contributed by atoms with Gasteiger partial charge < -0.3 is 4.74 Å². The van der Waals surface area contributed by atoms with Gasteiger partial charge in [0.25, 0.3) is 0 Å². The van der Waals surface area contributed by atoms with Crippen molar-refractivity contribution in [2.24, 2.45) is 0 Å². The monoisotopic (exact) mass is 297 g/mol. The van der Waals surface area contributed by atoms with E-state index in [9.17, 15) is 4.39 Å². The van der Waals surface area contributed by atoms with Crippen molar-refractivity contribution in [1.82, 2.24) is 4.98 Å². The molecule has 0 saturated heterocycles. The van der Waals surface area contributed by atoms with Crippen molar-refractivity contribution in [3.05, 3.63) is 54.0 Å². The fraction of sp³-hybridized carbons (Fsp3) is 0.316. The zero-order valence-electron chi connectivity index (χ0n) is 13.2. The Hall–Kier alpha value is -2.16. The van der Waals surface area contributed by atoms with Crippen LogP contribution >= 0.6 is 0 Å². The molecule has 1 atom stereocenters. The second kappa shape index (κ2) is 5.24. The molecular weight excluding hydrogens is 277 g/mol. The normalized spacial score (nSPS) is 19.6. The van der Waals surface area contributed by atoms with E-state index in [4.69, 9.17) is 9.72 Å². The highest BCUT2D eigenvalue weighted by molar-refractivity contribution is 5.73. The molecule has 2 heterocycles. The summed E-state index contributed by atoms with van der Waals surface area (Å²) in [5.41, 5.74) is 4.56. The lowest BCUT2D eigenvalue weighted by Crippen LogP contribution is -2.22. The molecule has 1 aliphatic heterocycles. The van der Waals surface area contributed by atoms with E-state index in [1.165, 1.54) is 17.7 Å². The van der Waals surface area contributed by atoms with E-state index < -0.39 is 0 Å². The number of hydrogen-bond acceptors (Lipinski definition) is 2. The molecule has 2 nitrogen and oxygen atoms in total. The van der Waals surface area contributed by atoms with Crippen LogP contribution in [-0.2, 0) is 5.41 Å². The second-order valence-electron chi connectivity index (χ2n) is 6.22. The van der Waals surface area contributed by atoms with E-state index >= 15 is 0 Å². The first-order valence-corrected chi connectivity index (χ1v) is 7.55. The molecular formula is C19H20FNO. The Morgan fingerprint density at radius 1 is 1.36 bits per heavy atom. The predicted octanol–water partition coefficient (Wildman–Crippen LogP) is 4.98. The Kier molecular flexibility index (Phi) is 3.51. The number of nitrogens with zero attached hydrogens (tertiary/aromatic N) is 1. The lowest BCUT2D eigenvalue weighted by atomic mass is 9.81. The summed E-state index contributed by atoms with van der Waals surface area (Å²) in [6, 6.07) is 8.47. The second-order valence-corrected chi connectivity index (χ2v) is 6.22. The Morgan fingerprint density at radius 2 is 2.05 bits per heavy atom. The molecule has 114 valence electrons. The number of ether oxygens (including phenoxy) is 1. The van der Waals surface area contributed by atoms with Gasteiger partial charge in [0.15, 0.2) is 0 Å². The van der Waals surface area contributed by atoms with Crippen LogP contribution in [0.15, 0.2) is 36.9 Å². The lowest BCUT2D eigenvalue weighted by Gasteiger charge is -2.20. The number of aromatic nitrogens is 1. The fourth-order valence-electron chi connectivity index (χ4n) is 2.75. The summed E-state index contributed by atoms with van der Waals surface area (Å²) >= 11 is 0. The van der Waals surface area contributed by atoms with Crippen LogP contribution in [-0.4, -0.2) is 11.6 Å². The number of pyridine rings is 1. The van der Waals surface area contributed by atoms with E-state index in [1.807, 2.05) is 6.92 Å². The van der Waals surface area contributed by atoms with Crippen molar-refractivity contribution in [2.75, 3.05) is 6.61 Å². The van der Waals surface area contributed by atoms with Gasteiger partial charge in [-0.1, -0.05) is 20.4 Å². The summed E-state index contributed by atoms with van der Waals surface area (Å²) in [5, 5.41) is 0. The van der Waals surface area contributed by atoms with Crippen LogP contribution in [0.3, 0.4) is 0 Å². The summed E-state index contributed by atoms with van der Waals surface area (Å²) in [5.74, 6) is 0.566. The van der Waals surface area contributed by atoms with Crippen LogP contribution in [0.25, 0.3) is 16.8 Å². The molecule has 0 fully saturated rings. The van der Waals surface area contributed by atoms with Gasteiger partial charge in [-0.15, -0.1) is 0 Å². The van der Waals surface area contributed by atoms with Crippen molar-refractivity contribution in [3.63, 3.8) is 0 Å². The van der Waals surface area contributed by atoms with E-state index in [2.05, 4.69) is 26.5 Å². The number of fused-ring (bicyclic) bond motifs is 1. The van der Waals surface area contributed by atoms with Crippen molar-refractivity contribution in [1.29, 1.82) is 0 Å². The van der Waals surface area contributed by atoms with Crippen LogP contribution in [0.5, 0.6) is 5.75 Å². The van der Waals surface area contributed by atoms with Gasteiger partial charge in [-0.25, -0.2) is 9.37 Å². The highest BCUT2D eigenvalue weighted by Gasteiger charge is 2.37. The molecule has 1 aromatic heterocycles. The van der Waals surface area contributed by atoms with E-state index in [0.717, 1.165) is 34.7 Å². The zero-order valence-corrected chi connectivity index (χ0v) is 13.2. The van der Waals surface area contributed by atoms with Crippen LogP contribution in [0, 0.1) is 5.82 Å². The van der Waals surface area contributed by atoms with Gasteiger partial charge in [0.1, 0.15) is 17.3 Å². The molecule has 0 radical (unpaired) electrons. The first kappa shape index (κ1) is 14.8. The standard InChI is InChI=1S/C19H20FNO/c1-5-19(4)11-22-18-15(19)10-16(12(2)3)21-17(18)13-6-8-14(20)9-7-13/h6-10H,2,5,11H2,1,3-4H3/t19-/m0/s1. The molecule has 3 heteroatoms. The Morgan fingerprint density at radius 3 is 2.64 bits per heavy atom. The van der Waals surface area contributed by atoms with Gasteiger partial charge in [-0.3, -0.25) is 0 Å². The average Bonchev–Trinajstić information content (AvgIpc) is 2.85. The minimum absolute atomic E-state index is 0.0166. The number of benzene rings is 1. The third kappa shape index (κ3) is 2.31. The lowest BCUT2D eigenvalue weighted by molar-refractivity contribution is 0.273. The van der Waals surface area contributed by atoms with Crippen molar-refractivity contribution in [3.8, 4) is 17.0 Å². The first-order chi connectivity index (χ1) is 10.4. The quantitative estimate of drug-likeness (QED) is 0.797. The maximum absolute atomic E-state index is 13.2. The van der Waals surface area contributed by atoms with E-state index in [-0.39, 0.29) is 11.2 Å². The molecule has 0 N–H and O–H groups in total. The smallest absolute Gasteiger partial charge is 0.149 e. The number of allylic oxidation sites excluding steroid dienone is 1. The minimum Gasteiger partial charge on any atom is -0.490 e. The molecule has 0 amide bonds. The summed E-state index contributed by atoms with van der Waals surface area (Å²) in [4.78, 5) is 4.70. The highest BCUT2D eigenvalue weighted by Crippen LogP contribution is 2.46. The number of hydrogen-bond donors (Lipinski definition) is 0. The van der Waals surface area contributed by atoms with Gasteiger partial charge in [-0.05, 0) is 49.2 Å². The number of halogens is 1. The summed E-state index contributed by atoms with van der Waals surface area (Å²) in [7, 11) is 0. The van der Waals surface area contributed by atoms with Gasteiger partial charge >= 0.3 is 0 Å². The van der Waals surface area contributed by atoms with Crippen LogP contribution in [0.2, 0.25) is 0 Å². The Balaban J connectivity index is 2.24. The Labute approximate surface area is 130 Å². The molecule has 0 aliphatic carbocycles. The highest BCUT2D eigenvalue weighted by atomic mass is 19.1. The molecule has 0 spiro atoms. The maximum Gasteiger partial charge on any atom is 0.149 e. The summed E-state index contributed by atoms with van der Waals surface area (Å²) in [6.07, 6.45) is 0.989.